The van der Waals surface area contributed by atoms with Crippen LogP contribution in [0.4, 0.5) is 4.79 Å². The smallest absolute Gasteiger partial charge is 0.475 e. The summed E-state index contributed by atoms with van der Waals surface area (Å²) in [5.74, 6) is -0.632. The SMILES string of the molecule is C=CCOC(=O)ON1C(CO)=C2OCN(C(C)=O)[C@@H]3C(=O)C1[C@@H]23. The molecule has 3 atom stereocenters. The number of aliphatic hydroxyl groups excluding tert-OH is 1. The molecule has 0 aromatic carbocycles. The Morgan fingerprint density at radius 1 is 1.48 bits per heavy atom. The van der Waals surface area contributed by atoms with Gasteiger partial charge in [-0.1, -0.05) is 12.7 Å². The molecule has 0 radical (unpaired) electrons. The summed E-state index contributed by atoms with van der Waals surface area (Å²) >= 11 is 0. The van der Waals surface area contributed by atoms with Crippen LogP contribution in [0.15, 0.2) is 24.1 Å². The average molecular weight is 324 g/mol. The first-order valence-electron chi connectivity index (χ1n) is 7.03. The zero-order valence-corrected chi connectivity index (χ0v) is 12.4. The van der Waals surface area contributed by atoms with Gasteiger partial charge in [-0.2, -0.15) is 5.06 Å². The van der Waals surface area contributed by atoms with Gasteiger partial charge in [0.15, 0.2) is 12.5 Å². The Morgan fingerprint density at radius 2 is 2.22 bits per heavy atom. The summed E-state index contributed by atoms with van der Waals surface area (Å²) in [6.45, 7) is 4.16. The van der Waals surface area contributed by atoms with Crippen LogP contribution in [0, 0.1) is 5.92 Å². The Hall–Kier alpha value is -2.55. The second-order valence-corrected chi connectivity index (χ2v) is 5.32. The van der Waals surface area contributed by atoms with Gasteiger partial charge < -0.3 is 19.4 Å². The maximum atomic E-state index is 12.4. The Balaban J connectivity index is 1.83. The summed E-state index contributed by atoms with van der Waals surface area (Å²) in [7, 11) is 0. The lowest BCUT2D eigenvalue weighted by molar-refractivity contribution is -0.187. The van der Waals surface area contributed by atoms with E-state index in [2.05, 4.69) is 6.58 Å². The lowest BCUT2D eigenvalue weighted by Crippen LogP contribution is -2.69. The topological polar surface area (TPSA) is 106 Å². The van der Waals surface area contributed by atoms with E-state index in [0.717, 1.165) is 5.06 Å². The molecule has 2 fully saturated rings. The number of hydrogen-bond acceptors (Lipinski definition) is 8. The number of hydroxylamine groups is 2. The largest absolute Gasteiger partial charge is 0.533 e. The van der Waals surface area contributed by atoms with Crippen LogP contribution < -0.4 is 0 Å². The maximum absolute atomic E-state index is 12.4. The van der Waals surface area contributed by atoms with E-state index in [1.165, 1.54) is 17.9 Å². The first-order valence-corrected chi connectivity index (χ1v) is 7.03. The van der Waals surface area contributed by atoms with Gasteiger partial charge in [-0.3, -0.25) is 14.5 Å². The number of amides is 1. The lowest BCUT2D eigenvalue weighted by Gasteiger charge is -2.48. The van der Waals surface area contributed by atoms with Crippen molar-refractivity contribution in [3.05, 3.63) is 24.1 Å². The number of Topliss-reactive ketones (excluding diaryl/α,β-unsaturated/α-hetero) is 1. The van der Waals surface area contributed by atoms with E-state index in [-0.39, 0.29) is 30.7 Å². The summed E-state index contributed by atoms with van der Waals surface area (Å²) < 4.78 is 10.2. The van der Waals surface area contributed by atoms with E-state index < -0.39 is 30.8 Å². The highest BCUT2D eigenvalue weighted by atomic mass is 16.8. The van der Waals surface area contributed by atoms with Crippen molar-refractivity contribution in [1.29, 1.82) is 0 Å². The molecule has 124 valence electrons. The fraction of sp³-hybridized carbons (Fsp3) is 0.500. The van der Waals surface area contributed by atoms with E-state index in [4.69, 9.17) is 14.3 Å². The van der Waals surface area contributed by atoms with E-state index >= 15 is 0 Å². The Morgan fingerprint density at radius 3 is 2.83 bits per heavy atom. The molecule has 1 aliphatic carbocycles. The molecule has 1 unspecified atom stereocenters. The van der Waals surface area contributed by atoms with Gasteiger partial charge in [0.25, 0.3) is 0 Å². The summed E-state index contributed by atoms with van der Waals surface area (Å²) in [4.78, 5) is 41.9. The van der Waals surface area contributed by atoms with Crippen molar-refractivity contribution in [2.75, 3.05) is 19.9 Å². The third-order valence-electron chi connectivity index (χ3n) is 4.11. The highest BCUT2D eigenvalue weighted by Gasteiger charge is 2.66. The molecule has 0 spiro atoms. The van der Waals surface area contributed by atoms with Gasteiger partial charge in [0.05, 0.1) is 12.5 Å². The second kappa shape index (κ2) is 5.58. The quantitative estimate of drug-likeness (QED) is 0.547. The molecular formula is C14H16N2O7. The fourth-order valence-corrected chi connectivity index (χ4v) is 3.13. The van der Waals surface area contributed by atoms with Crippen LogP contribution in [-0.4, -0.2) is 64.9 Å². The molecule has 1 saturated carbocycles. The number of hydrogen-bond donors (Lipinski definition) is 1. The zero-order chi connectivity index (χ0) is 16.7. The third-order valence-corrected chi connectivity index (χ3v) is 4.11. The standard InChI is InChI=1S/C14H16N2O7/c1-3-4-21-14(20)23-16-8(5-17)13-9-10(12(19)11(9)16)15(6-22-13)7(2)18/h3,9-11,17H,1,4-6H2,2H3/t9-,10-,11?/m0/s1. The highest BCUT2D eigenvalue weighted by Crippen LogP contribution is 2.49. The molecule has 0 bridgehead atoms. The number of nitrogens with zero attached hydrogens (tertiary/aromatic N) is 2. The molecule has 2 heterocycles. The number of ketones is 1. The molecule has 3 aliphatic rings. The predicted molar refractivity (Wildman–Crippen MR) is 73.1 cm³/mol. The van der Waals surface area contributed by atoms with Crippen LogP contribution >= 0.6 is 0 Å². The van der Waals surface area contributed by atoms with Crippen molar-refractivity contribution in [2.45, 2.75) is 19.0 Å². The zero-order valence-electron chi connectivity index (χ0n) is 12.4. The van der Waals surface area contributed by atoms with Gasteiger partial charge in [-0.05, 0) is 0 Å². The van der Waals surface area contributed by atoms with E-state index in [0.29, 0.717) is 5.76 Å². The Kier molecular flexibility index (Phi) is 3.72. The molecule has 1 saturated heterocycles. The second-order valence-electron chi connectivity index (χ2n) is 5.32. The van der Waals surface area contributed by atoms with Gasteiger partial charge in [-0.15, -0.1) is 0 Å². The Bertz CT molecular complexity index is 614. The van der Waals surface area contributed by atoms with Gasteiger partial charge in [0.2, 0.25) is 5.91 Å². The van der Waals surface area contributed by atoms with Crippen LogP contribution in [0.1, 0.15) is 6.92 Å². The predicted octanol–water partition coefficient (Wildman–Crippen LogP) is -0.468. The van der Waals surface area contributed by atoms with Crippen molar-refractivity contribution in [2.24, 2.45) is 5.92 Å². The van der Waals surface area contributed by atoms with Gasteiger partial charge >= 0.3 is 6.16 Å². The van der Waals surface area contributed by atoms with Crippen LogP contribution in [0.25, 0.3) is 0 Å². The van der Waals surface area contributed by atoms with Crippen LogP contribution in [-0.2, 0) is 23.9 Å². The molecule has 1 amide bonds. The number of carbonyl (C=O) groups excluding carboxylic acids is 3. The molecule has 23 heavy (non-hydrogen) atoms. The summed E-state index contributed by atoms with van der Waals surface area (Å²) in [6.07, 6.45) is 0.351. The third kappa shape index (κ3) is 2.15. The van der Waals surface area contributed by atoms with Crippen molar-refractivity contribution in [3.8, 4) is 0 Å². The maximum Gasteiger partial charge on any atom is 0.533 e. The van der Waals surface area contributed by atoms with Crippen LogP contribution in [0.3, 0.4) is 0 Å². The number of rotatable bonds is 4. The molecule has 2 aliphatic heterocycles. The summed E-state index contributed by atoms with van der Waals surface area (Å²) in [6, 6.07) is -1.46. The summed E-state index contributed by atoms with van der Waals surface area (Å²) in [5.41, 5.74) is 0.189. The lowest BCUT2D eigenvalue weighted by atomic mass is 9.72. The minimum atomic E-state index is -1.02. The van der Waals surface area contributed by atoms with E-state index in [1.54, 1.807) is 0 Å². The number of ether oxygens (including phenoxy) is 2. The fourth-order valence-electron chi connectivity index (χ4n) is 3.13. The normalized spacial score (nSPS) is 27.9. The molecule has 9 nitrogen and oxygen atoms in total. The van der Waals surface area contributed by atoms with Crippen molar-refractivity contribution >= 4 is 17.8 Å². The van der Waals surface area contributed by atoms with Crippen LogP contribution in [0.5, 0.6) is 0 Å². The van der Waals surface area contributed by atoms with Crippen molar-refractivity contribution in [3.63, 3.8) is 0 Å². The first kappa shape index (κ1) is 15.3. The van der Waals surface area contributed by atoms with Crippen molar-refractivity contribution < 1.29 is 33.8 Å². The highest BCUT2D eigenvalue weighted by molar-refractivity contribution is 6.01. The Labute approximate surface area is 131 Å². The molecular weight excluding hydrogens is 308 g/mol. The minimum absolute atomic E-state index is 0.0447. The minimum Gasteiger partial charge on any atom is -0.475 e. The van der Waals surface area contributed by atoms with Crippen LogP contribution in [0.2, 0.25) is 0 Å². The number of aliphatic hydroxyl groups is 1. The average Bonchev–Trinajstić information content (AvgIpc) is 2.82. The molecule has 0 aromatic heterocycles. The molecule has 9 heteroatoms. The molecule has 3 rings (SSSR count). The summed E-state index contributed by atoms with van der Waals surface area (Å²) in [5, 5.41) is 10.6. The first-order chi connectivity index (χ1) is 11.0. The number of carbonyl (C=O) groups is 3. The van der Waals surface area contributed by atoms with Gasteiger partial charge in [0, 0.05) is 6.92 Å². The van der Waals surface area contributed by atoms with E-state index in [1.807, 2.05) is 0 Å². The molecule has 1 N–H and O–H groups in total. The molecule has 0 aromatic rings. The van der Waals surface area contributed by atoms with Gasteiger partial charge in [0.1, 0.15) is 30.1 Å². The monoisotopic (exact) mass is 324 g/mol. The van der Waals surface area contributed by atoms with Gasteiger partial charge in [-0.25, -0.2) is 4.79 Å². The van der Waals surface area contributed by atoms with E-state index in [9.17, 15) is 19.5 Å². The van der Waals surface area contributed by atoms with Crippen molar-refractivity contribution in [1.82, 2.24) is 9.96 Å².